The van der Waals surface area contributed by atoms with Crippen molar-refractivity contribution in [2.24, 2.45) is 0 Å². The molecule has 1 aliphatic rings. The number of fused-ring (bicyclic) bond motifs is 1. The summed E-state index contributed by atoms with van der Waals surface area (Å²) in [6.45, 7) is 8.25. The van der Waals surface area contributed by atoms with Crippen molar-refractivity contribution in [2.45, 2.75) is 38.9 Å². The molecule has 0 amide bonds. The van der Waals surface area contributed by atoms with Gasteiger partial charge in [0.25, 0.3) is 0 Å². The molecule has 0 aromatic heterocycles. The van der Waals surface area contributed by atoms with Crippen LogP contribution in [0, 0.1) is 0 Å². The normalized spacial score (nSPS) is 20.5. The Balaban J connectivity index is 2.11. The van der Waals surface area contributed by atoms with E-state index in [-0.39, 0.29) is 18.3 Å². The quantitative estimate of drug-likeness (QED) is 0.639. The predicted octanol–water partition coefficient (Wildman–Crippen LogP) is 2.72. The minimum atomic E-state index is -0.356. The van der Waals surface area contributed by atoms with E-state index in [2.05, 4.69) is 33.8 Å². The number of benzene rings is 2. The van der Waals surface area contributed by atoms with Crippen LogP contribution in [0.3, 0.4) is 0 Å². The smallest absolute Gasteiger partial charge is 0.399 e. The van der Waals surface area contributed by atoms with Crippen molar-refractivity contribution in [3.8, 4) is 0 Å². The second kappa shape index (κ2) is 4.24. The highest BCUT2D eigenvalue weighted by atomic mass is 16.7. The monoisotopic (exact) mass is 269 g/mol. The fourth-order valence-electron chi connectivity index (χ4n) is 2.52. The highest BCUT2D eigenvalue weighted by Crippen LogP contribution is 2.37. The first-order valence-electron chi connectivity index (χ1n) is 6.95. The van der Waals surface area contributed by atoms with E-state index in [1.807, 2.05) is 30.3 Å². The highest BCUT2D eigenvalue weighted by molar-refractivity contribution is 6.65. The van der Waals surface area contributed by atoms with Gasteiger partial charge in [0.1, 0.15) is 0 Å². The van der Waals surface area contributed by atoms with E-state index < -0.39 is 0 Å². The van der Waals surface area contributed by atoms with Gasteiger partial charge in [-0.25, -0.2) is 0 Å². The highest BCUT2D eigenvalue weighted by Gasteiger charge is 2.52. The summed E-state index contributed by atoms with van der Waals surface area (Å²) in [5.41, 5.74) is 7.20. The number of nitrogen functional groups attached to an aromatic ring is 1. The summed E-state index contributed by atoms with van der Waals surface area (Å²) in [6, 6.07) is 12.0. The second-order valence-corrected chi connectivity index (χ2v) is 6.38. The van der Waals surface area contributed by atoms with Crippen LogP contribution in [0.25, 0.3) is 10.8 Å². The average Bonchev–Trinajstić information content (AvgIpc) is 2.59. The summed E-state index contributed by atoms with van der Waals surface area (Å²) in [6.07, 6.45) is 0. The Morgan fingerprint density at radius 2 is 1.40 bits per heavy atom. The molecule has 3 rings (SSSR count). The van der Waals surface area contributed by atoms with Gasteiger partial charge in [0.05, 0.1) is 11.2 Å². The molecule has 0 saturated carbocycles. The van der Waals surface area contributed by atoms with Gasteiger partial charge >= 0.3 is 7.12 Å². The summed E-state index contributed by atoms with van der Waals surface area (Å²) in [7, 11) is -0.356. The standard InChI is InChI=1S/C16H20BNO2/c1-15(2)16(3,4)20-17(19-15)13-9-10-14(18)12-8-6-5-7-11(12)13/h5-10H,18H2,1-4H3. The van der Waals surface area contributed by atoms with Crippen LogP contribution in [0.5, 0.6) is 0 Å². The van der Waals surface area contributed by atoms with E-state index in [0.29, 0.717) is 0 Å². The lowest BCUT2D eigenvalue weighted by Gasteiger charge is -2.32. The molecule has 20 heavy (non-hydrogen) atoms. The van der Waals surface area contributed by atoms with Crippen molar-refractivity contribution in [3.05, 3.63) is 36.4 Å². The fraction of sp³-hybridized carbons (Fsp3) is 0.375. The van der Waals surface area contributed by atoms with Crippen molar-refractivity contribution >= 4 is 29.0 Å². The van der Waals surface area contributed by atoms with Crippen LogP contribution in [0.1, 0.15) is 27.7 Å². The molecule has 2 aromatic rings. The molecule has 3 nitrogen and oxygen atoms in total. The maximum absolute atomic E-state index is 6.14. The van der Waals surface area contributed by atoms with E-state index in [9.17, 15) is 0 Å². The maximum Gasteiger partial charge on any atom is 0.495 e. The minimum absolute atomic E-state index is 0.333. The van der Waals surface area contributed by atoms with Crippen molar-refractivity contribution in [2.75, 3.05) is 5.73 Å². The SMILES string of the molecule is CC1(C)OB(c2ccc(N)c3ccccc23)OC1(C)C. The molecule has 1 saturated heterocycles. The van der Waals surface area contributed by atoms with Gasteiger partial charge in [-0.15, -0.1) is 0 Å². The van der Waals surface area contributed by atoms with Crippen LogP contribution in [0.4, 0.5) is 5.69 Å². The molecule has 0 bridgehead atoms. The lowest BCUT2D eigenvalue weighted by molar-refractivity contribution is 0.00578. The van der Waals surface area contributed by atoms with Crippen LogP contribution in [-0.4, -0.2) is 18.3 Å². The van der Waals surface area contributed by atoms with Crippen molar-refractivity contribution in [1.29, 1.82) is 0 Å². The number of rotatable bonds is 1. The van der Waals surface area contributed by atoms with E-state index in [4.69, 9.17) is 15.0 Å². The fourth-order valence-corrected chi connectivity index (χ4v) is 2.52. The van der Waals surface area contributed by atoms with Crippen LogP contribution in [0.15, 0.2) is 36.4 Å². The Morgan fingerprint density at radius 3 is 2.00 bits per heavy atom. The first-order valence-corrected chi connectivity index (χ1v) is 6.95. The van der Waals surface area contributed by atoms with Crippen molar-refractivity contribution < 1.29 is 9.31 Å². The largest absolute Gasteiger partial charge is 0.495 e. The number of nitrogens with two attached hydrogens (primary N) is 1. The lowest BCUT2D eigenvalue weighted by Crippen LogP contribution is -2.41. The first-order chi connectivity index (χ1) is 9.32. The third-order valence-corrected chi connectivity index (χ3v) is 4.50. The molecule has 0 aliphatic carbocycles. The van der Waals surface area contributed by atoms with Gasteiger partial charge in [-0.3, -0.25) is 0 Å². The van der Waals surface area contributed by atoms with Crippen molar-refractivity contribution in [1.82, 2.24) is 0 Å². The summed E-state index contributed by atoms with van der Waals surface area (Å²) in [5.74, 6) is 0. The molecule has 1 aliphatic heterocycles. The van der Waals surface area contributed by atoms with Gasteiger partial charge < -0.3 is 15.0 Å². The summed E-state index contributed by atoms with van der Waals surface area (Å²) >= 11 is 0. The average molecular weight is 269 g/mol. The second-order valence-electron chi connectivity index (χ2n) is 6.38. The Kier molecular flexibility index (Phi) is 2.85. The zero-order valence-corrected chi connectivity index (χ0v) is 12.4. The number of hydrogen-bond donors (Lipinski definition) is 1. The Labute approximate surface area is 120 Å². The van der Waals surface area contributed by atoms with Gasteiger partial charge in [-0.1, -0.05) is 30.3 Å². The van der Waals surface area contributed by atoms with Crippen molar-refractivity contribution in [3.63, 3.8) is 0 Å². The van der Waals surface area contributed by atoms with Gasteiger partial charge in [0.15, 0.2) is 0 Å². The molecule has 2 aromatic carbocycles. The van der Waals surface area contributed by atoms with E-state index in [0.717, 1.165) is 21.9 Å². The molecule has 0 unspecified atom stereocenters. The zero-order chi connectivity index (χ0) is 14.5. The van der Waals surface area contributed by atoms with E-state index in [1.165, 1.54) is 0 Å². The minimum Gasteiger partial charge on any atom is -0.399 e. The van der Waals surface area contributed by atoms with Crippen LogP contribution in [-0.2, 0) is 9.31 Å². The zero-order valence-electron chi connectivity index (χ0n) is 12.4. The van der Waals surface area contributed by atoms with Gasteiger partial charge in [0.2, 0.25) is 0 Å². The Hall–Kier alpha value is -1.52. The molecule has 0 atom stereocenters. The summed E-state index contributed by atoms with van der Waals surface area (Å²) in [4.78, 5) is 0. The maximum atomic E-state index is 6.14. The van der Waals surface area contributed by atoms with E-state index in [1.54, 1.807) is 0 Å². The molecule has 1 fully saturated rings. The summed E-state index contributed by atoms with van der Waals surface area (Å²) < 4.78 is 12.3. The Morgan fingerprint density at radius 1 is 0.850 bits per heavy atom. The van der Waals surface area contributed by atoms with Gasteiger partial charge in [0, 0.05) is 11.1 Å². The topological polar surface area (TPSA) is 44.5 Å². The molecular weight excluding hydrogens is 249 g/mol. The third-order valence-electron chi connectivity index (χ3n) is 4.50. The van der Waals surface area contributed by atoms with Crippen LogP contribution >= 0.6 is 0 Å². The molecule has 1 heterocycles. The molecule has 104 valence electrons. The molecule has 4 heteroatoms. The van der Waals surface area contributed by atoms with Gasteiger partial charge in [-0.2, -0.15) is 0 Å². The molecule has 0 radical (unpaired) electrons. The van der Waals surface area contributed by atoms with Crippen LogP contribution in [0.2, 0.25) is 0 Å². The lowest BCUT2D eigenvalue weighted by atomic mass is 9.76. The number of hydrogen-bond acceptors (Lipinski definition) is 3. The summed E-state index contributed by atoms with van der Waals surface area (Å²) in [5, 5.41) is 2.13. The third kappa shape index (κ3) is 1.91. The van der Waals surface area contributed by atoms with Crippen LogP contribution < -0.4 is 11.2 Å². The molecule has 0 spiro atoms. The predicted molar refractivity (Wildman–Crippen MR) is 84.1 cm³/mol. The number of anilines is 1. The Bertz CT molecular complexity index is 651. The van der Waals surface area contributed by atoms with E-state index >= 15 is 0 Å². The molecular formula is C16H20BNO2. The first kappa shape index (κ1) is 13.5. The molecule has 2 N–H and O–H groups in total. The van der Waals surface area contributed by atoms with Gasteiger partial charge in [-0.05, 0) is 44.6 Å².